The van der Waals surface area contributed by atoms with Crippen LogP contribution in [0, 0.1) is 0 Å². The van der Waals surface area contributed by atoms with Gasteiger partial charge in [-0.05, 0) is 38.5 Å². The van der Waals surface area contributed by atoms with Gasteiger partial charge >= 0.3 is 0 Å². The molecular weight excluding hydrogens is 292 g/mol. The summed E-state index contributed by atoms with van der Waals surface area (Å²) in [5, 5.41) is 3.35. The van der Waals surface area contributed by atoms with Crippen molar-refractivity contribution in [1.29, 1.82) is 0 Å². The molecule has 0 radical (unpaired) electrons. The van der Waals surface area contributed by atoms with Crippen LogP contribution in [-0.4, -0.2) is 49.7 Å². The van der Waals surface area contributed by atoms with Crippen LogP contribution in [0.3, 0.4) is 0 Å². The van der Waals surface area contributed by atoms with Crippen molar-refractivity contribution < 1.29 is 14.3 Å². The molecule has 0 aromatic heterocycles. The number of nitrogens with one attached hydrogen (secondary N) is 1. The third-order valence-corrected chi connectivity index (χ3v) is 3.90. The standard InChI is InChI=1S/C18H28N2O3/c1-4-6-11-23-16-8-7-15(12-17(16)22-5-2)18(21)20-10-9-19-14(3)13-20/h7-8,12,14,19H,4-6,9-11,13H2,1-3H3. The minimum atomic E-state index is 0.0550. The summed E-state index contributed by atoms with van der Waals surface area (Å²) in [6, 6.07) is 5.81. The first-order valence-electron chi connectivity index (χ1n) is 8.58. The highest BCUT2D eigenvalue weighted by atomic mass is 16.5. The third kappa shape index (κ3) is 4.86. The molecule has 23 heavy (non-hydrogen) atoms. The molecule has 0 saturated carbocycles. The van der Waals surface area contributed by atoms with Crippen LogP contribution in [0.15, 0.2) is 18.2 Å². The highest BCUT2D eigenvalue weighted by Crippen LogP contribution is 2.29. The largest absolute Gasteiger partial charge is 0.490 e. The van der Waals surface area contributed by atoms with E-state index in [0.717, 1.165) is 32.5 Å². The van der Waals surface area contributed by atoms with Crippen LogP contribution >= 0.6 is 0 Å². The fourth-order valence-electron chi connectivity index (χ4n) is 2.65. The molecule has 1 N–H and O–H groups in total. The number of ether oxygens (including phenoxy) is 2. The molecule has 0 spiro atoms. The van der Waals surface area contributed by atoms with Crippen molar-refractivity contribution in [3.8, 4) is 11.5 Å². The second kappa shape index (κ2) is 8.77. The number of nitrogens with zero attached hydrogens (tertiary/aromatic N) is 1. The molecule has 5 nitrogen and oxygen atoms in total. The summed E-state index contributed by atoms with van der Waals surface area (Å²) in [6.07, 6.45) is 2.09. The van der Waals surface area contributed by atoms with E-state index in [1.807, 2.05) is 24.0 Å². The Bertz CT molecular complexity index is 519. The fraction of sp³-hybridized carbons (Fsp3) is 0.611. The van der Waals surface area contributed by atoms with Crippen LogP contribution in [0.5, 0.6) is 11.5 Å². The average molecular weight is 320 g/mol. The second-order valence-corrected chi connectivity index (χ2v) is 5.90. The average Bonchev–Trinajstić information content (AvgIpc) is 2.56. The zero-order valence-electron chi connectivity index (χ0n) is 14.4. The Morgan fingerprint density at radius 1 is 1.30 bits per heavy atom. The molecule has 0 aliphatic carbocycles. The second-order valence-electron chi connectivity index (χ2n) is 5.90. The Balaban J connectivity index is 2.12. The van der Waals surface area contributed by atoms with Crippen LogP contribution in [0.4, 0.5) is 0 Å². The topological polar surface area (TPSA) is 50.8 Å². The number of unbranched alkanes of at least 4 members (excludes halogenated alkanes) is 1. The van der Waals surface area contributed by atoms with E-state index in [-0.39, 0.29) is 5.91 Å². The van der Waals surface area contributed by atoms with Gasteiger partial charge in [-0.1, -0.05) is 13.3 Å². The van der Waals surface area contributed by atoms with Gasteiger partial charge in [0, 0.05) is 31.2 Å². The summed E-state index contributed by atoms with van der Waals surface area (Å²) in [5.41, 5.74) is 0.658. The first-order chi connectivity index (χ1) is 11.2. The maximum atomic E-state index is 12.7. The zero-order chi connectivity index (χ0) is 16.7. The molecule has 0 bridgehead atoms. The predicted octanol–water partition coefficient (Wildman–Crippen LogP) is 2.70. The summed E-state index contributed by atoms with van der Waals surface area (Å²) in [4.78, 5) is 14.6. The number of amides is 1. The first kappa shape index (κ1) is 17.6. The number of benzene rings is 1. The van der Waals surface area contributed by atoms with Crippen LogP contribution in [0.2, 0.25) is 0 Å². The van der Waals surface area contributed by atoms with E-state index in [4.69, 9.17) is 9.47 Å². The summed E-state index contributed by atoms with van der Waals surface area (Å²) in [6.45, 7) is 9.68. The van der Waals surface area contributed by atoms with Gasteiger partial charge in [-0.15, -0.1) is 0 Å². The van der Waals surface area contributed by atoms with E-state index in [1.165, 1.54) is 0 Å². The fourth-order valence-corrected chi connectivity index (χ4v) is 2.65. The number of piperazine rings is 1. The van der Waals surface area contributed by atoms with Crippen LogP contribution in [0.1, 0.15) is 44.0 Å². The van der Waals surface area contributed by atoms with Gasteiger partial charge in [-0.3, -0.25) is 4.79 Å². The van der Waals surface area contributed by atoms with Crippen molar-refractivity contribution >= 4 is 5.91 Å². The van der Waals surface area contributed by atoms with Gasteiger partial charge in [0.05, 0.1) is 13.2 Å². The SMILES string of the molecule is CCCCOc1ccc(C(=O)N2CCNC(C)C2)cc1OCC. The molecular formula is C18H28N2O3. The van der Waals surface area contributed by atoms with Crippen LogP contribution in [-0.2, 0) is 0 Å². The molecule has 2 rings (SSSR count). The van der Waals surface area contributed by atoms with Crippen molar-refractivity contribution in [3.05, 3.63) is 23.8 Å². The van der Waals surface area contributed by atoms with Gasteiger partial charge in [0.15, 0.2) is 11.5 Å². The molecule has 1 aromatic carbocycles. The predicted molar refractivity (Wildman–Crippen MR) is 91.4 cm³/mol. The highest BCUT2D eigenvalue weighted by molar-refractivity contribution is 5.95. The molecule has 5 heteroatoms. The van der Waals surface area contributed by atoms with Crippen LogP contribution in [0.25, 0.3) is 0 Å². The minimum Gasteiger partial charge on any atom is -0.490 e. The zero-order valence-corrected chi connectivity index (χ0v) is 14.4. The first-order valence-corrected chi connectivity index (χ1v) is 8.58. The Kier molecular flexibility index (Phi) is 6.71. The van der Waals surface area contributed by atoms with Crippen molar-refractivity contribution in [2.75, 3.05) is 32.8 Å². The normalized spacial score (nSPS) is 17.9. The molecule has 1 saturated heterocycles. The van der Waals surface area contributed by atoms with Crippen molar-refractivity contribution in [3.63, 3.8) is 0 Å². The molecule has 1 aromatic rings. The van der Waals surface area contributed by atoms with E-state index >= 15 is 0 Å². The summed E-state index contributed by atoms with van der Waals surface area (Å²) < 4.78 is 11.4. The highest BCUT2D eigenvalue weighted by Gasteiger charge is 2.22. The minimum absolute atomic E-state index is 0.0550. The third-order valence-electron chi connectivity index (χ3n) is 3.90. The molecule has 1 atom stereocenters. The van der Waals surface area contributed by atoms with E-state index < -0.39 is 0 Å². The quantitative estimate of drug-likeness (QED) is 0.785. The van der Waals surface area contributed by atoms with Gasteiger partial charge in [-0.2, -0.15) is 0 Å². The molecule has 1 aliphatic heterocycles. The van der Waals surface area contributed by atoms with Gasteiger partial charge in [-0.25, -0.2) is 0 Å². The van der Waals surface area contributed by atoms with Crippen molar-refractivity contribution in [1.82, 2.24) is 10.2 Å². The molecule has 1 unspecified atom stereocenters. The Labute approximate surface area is 139 Å². The molecule has 1 fully saturated rings. The number of carbonyl (C=O) groups is 1. The Hall–Kier alpha value is -1.75. The van der Waals surface area contributed by atoms with Gasteiger partial charge in [0.2, 0.25) is 0 Å². The lowest BCUT2D eigenvalue weighted by Crippen LogP contribution is -2.51. The number of rotatable bonds is 7. The van der Waals surface area contributed by atoms with E-state index in [0.29, 0.717) is 36.3 Å². The van der Waals surface area contributed by atoms with Gasteiger partial charge in [0.25, 0.3) is 5.91 Å². The summed E-state index contributed by atoms with van der Waals surface area (Å²) >= 11 is 0. The Morgan fingerprint density at radius 3 is 2.83 bits per heavy atom. The lowest BCUT2D eigenvalue weighted by molar-refractivity contribution is 0.0708. The maximum Gasteiger partial charge on any atom is 0.254 e. The van der Waals surface area contributed by atoms with Crippen LogP contribution < -0.4 is 14.8 Å². The smallest absolute Gasteiger partial charge is 0.254 e. The van der Waals surface area contributed by atoms with Gasteiger partial charge in [0.1, 0.15) is 0 Å². The lowest BCUT2D eigenvalue weighted by atomic mass is 10.1. The van der Waals surface area contributed by atoms with Crippen molar-refractivity contribution in [2.24, 2.45) is 0 Å². The van der Waals surface area contributed by atoms with E-state index in [9.17, 15) is 4.79 Å². The number of hydrogen-bond acceptors (Lipinski definition) is 4. The molecule has 1 heterocycles. The lowest BCUT2D eigenvalue weighted by Gasteiger charge is -2.32. The number of carbonyl (C=O) groups excluding carboxylic acids is 1. The van der Waals surface area contributed by atoms with Crippen molar-refractivity contribution in [2.45, 2.75) is 39.7 Å². The van der Waals surface area contributed by atoms with E-state index in [1.54, 1.807) is 6.07 Å². The summed E-state index contributed by atoms with van der Waals surface area (Å²) in [7, 11) is 0. The molecule has 128 valence electrons. The Morgan fingerprint density at radius 2 is 2.13 bits per heavy atom. The number of hydrogen-bond donors (Lipinski definition) is 1. The summed E-state index contributed by atoms with van der Waals surface area (Å²) in [5.74, 6) is 1.42. The van der Waals surface area contributed by atoms with Gasteiger partial charge < -0.3 is 19.7 Å². The van der Waals surface area contributed by atoms with E-state index in [2.05, 4.69) is 19.2 Å². The molecule has 1 aliphatic rings. The molecule has 1 amide bonds. The monoisotopic (exact) mass is 320 g/mol. The maximum absolute atomic E-state index is 12.7.